The van der Waals surface area contributed by atoms with E-state index < -0.39 is 5.60 Å². The number of aliphatic hydroxyl groups is 1. The van der Waals surface area contributed by atoms with E-state index in [0.717, 1.165) is 6.42 Å². The molecule has 0 heterocycles. The Labute approximate surface area is 68.0 Å². The smallest absolute Gasteiger partial charge is 0.0951 e. The van der Waals surface area contributed by atoms with Gasteiger partial charge in [-0.05, 0) is 20.3 Å². The van der Waals surface area contributed by atoms with Crippen LogP contribution in [0.3, 0.4) is 0 Å². The third-order valence-electron chi connectivity index (χ3n) is 1.35. The molecule has 1 unspecified atom stereocenters. The molecule has 1 atom stereocenters. The standard InChI is InChI=1S/C8H16N2O/c1-4-7(5-9)10-6-8(2,3)11/h7,10-11H,4,6H2,1-3H3. The largest absolute Gasteiger partial charge is 0.389 e. The molecule has 0 saturated heterocycles. The Bertz CT molecular complexity index is 143. The van der Waals surface area contributed by atoms with Gasteiger partial charge >= 0.3 is 0 Å². The first-order valence-corrected chi connectivity index (χ1v) is 3.85. The lowest BCUT2D eigenvalue weighted by atomic mass is 10.1. The Morgan fingerprint density at radius 3 is 2.45 bits per heavy atom. The van der Waals surface area contributed by atoms with Crippen molar-refractivity contribution in [3.63, 3.8) is 0 Å². The summed E-state index contributed by atoms with van der Waals surface area (Å²) in [5.41, 5.74) is -0.732. The van der Waals surface area contributed by atoms with Crippen molar-refractivity contribution in [3.05, 3.63) is 0 Å². The number of nitriles is 1. The van der Waals surface area contributed by atoms with Gasteiger partial charge in [-0.1, -0.05) is 6.92 Å². The predicted molar refractivity (Wildman–Crippen MR) is 44.0 cm³/mol. The van der Waals surface area contributed by atoms with Crippen LogP contribution in [-0.2, 0) is 0 Å². The summed E-state index contributed by atoms with van der Waals surface area (Å²) in [5, 5.41) is 20.8. The molecule has 0 bridgehead atoms. The van der Waals surface area contributed by atoms with Crippen LogP contribution in [0.2, 0.25) is 0 Å². The summed E-state index contributed by atoms with van der Waals surface area (Å²) in [5.74, 6) is 0. The van der Waals surface area contributed by atoms with Crippen LogP contribution in [0.25, 0.3) is 0 Å². The van der Waals surface area contributed by atoms with Gasteiger partial charge in [0.2, 0.25) is 0 Å². The fourth-order valence-electron chi connectivity index (χ4n) is 0.654. The van der Waals surface area contributed by atoms with Gasteiger partial charge in [0.1, 0.15) is 0 Å². The monoisotopic (exact) mass is 156 g/mol. The molecule has 3 heteroatoms. The number of nitrogens with one attached hydrogen (secondary N) is 1. The van der Waals surface area contributed by atoms with Gasteiger partial charge in [0.05, 0.1) is 17.7 Å². The molecular formula is C8H16N2O. The van der Waals surface area contributed by atoms with Crippen molar-refractivity contribution in [1.29, 1.82) is 5.26 Å². The lowest BCUT2D eigenvalue weighted by molar-refractivity contribution is 0.0781. The minimum atomic E-state index is -0.732. The van der Waals surface area contributed by atoms with Crippen LogP contribution < -0.4 is 5.32 Å². The first-order valence-electron chi connectivity index (χ1n) is 3.85. The van der Waals surface area contributed by atoms with Gasteiger partial charge < -0.3 is 5.11 Å². The second kappa shape index (κ2) is 4.32. The quantitative estimate of drug-likeness (QED) is 0.628. The van der Waals surface area contributed by atoms with Crippen LogP contribution in [0.15, 0.2) is 0 Å². The van der Waals surface area contributed by atoms with E-state index in [2.05, 4.69) is 11.4 Å². The third-order valence-corrected chi connectivity index (χ3v) is 1.35. The topological polar surface area (TPSA) is 56.0 Å². The van der Waals surface area contributed by atoms with E-state index in [1.165, 1.54) is 0 Å². The molecule has 0 rings (SSSR count). The molecule has 0 aliphatic heterocycles. The van der Waals surface area contributed by atoms with Crippen molar-refractivity contribution in [2.75, 3.05) is 6.54 Å². The molecule has 0 spiro atoms. The third kappa shape index (κ3) is 5.84. The maximum absolute atomic E-state index is 9.29. The van der Waals surface area contributed by atoms with E-state index in [0.29, 0.717) is 6.54 Å². The Hall–Kier alpha value is -0.590. The normalized spacial score (nSPS) is 14.1. The molecular weight excluding hydrogens is 140 g/mol. The second-order valence-corrected chi connectivity index (χ2v) is 3.28. The zero-order chi connectivity index (χ0) is 8.91. The van der Waals surface area contributed by atoms with Crippen LogP contribution in [0.1, 0.15) is 27.2 Å². The summed E-state index contributed by atoms with van der Waals surface area (Å²) in [6, 6.07) is 1.96. The summed E-state index contributed by atoms with van der Waals surface area (Å²) in [7, 11) is 0. The molecule has 0 aliphatic carbocycles. The number of hydrogen-bond acceptors (Lipinski definition) is 3. The summed E-state index contributed by atoms with van der Waals surface area (Å²) in [4.78, 5) is 0. The SMILES string of the molecule is CCC(C#N)NCC(C)(C)O. The van der Waals surface area contributed by atoms with Crippen LogP contribution in [0, 0.1) is 11.3 Å². The lowest BCUT2D eigenvalue weighted by Gasteiger charge is -2.19. The average molecular weight is 156 g/mol. The van der Waals surface area contributed by atoms with Crippen molar-refractivity contribution in [1.82, 2.24) is 5.32 Å². The fraction of sp³-hybridized carbons (Fsp3) is 0.875. The summed E-state index contributed by atoms with van der Waals surface area (Å²) < 4.78 is 0. The van der Waals surface area contributed by atoms with Gasteiger partial charge in [0.15, 0.2) is 0 Å². The van der Waals surface area contributed by atoms with E-state index in [-0.39, 0.29) is 6.04 Å². The van der Waals surface area contributed by atoms with Crippen LogP contribution >= 0.6 is 0 Å². The minimum absolute atomic E-state index is 0.138. The Morgan fingerprint density at radius 2 is 2.18 bits per heavy atom. The van der Waals surface area contributed by atoms with E-state index in [1.807, 2.05) is 6.92 Å². The Morgan fingerprint density at radius 1 is 1.64 bits per heavy atom. The highest BCUT2D eigenvalue weighted by molar-refractivity contribution is 4.89. The molecule has 0 aliphatic rings. The van der Waals surface area contributed by atoms with Gasteiger partial charge in [0.25, 0.3) is 0 Å². The lowest BCUT2D eigenvalue weighted by Crippen LogP contribution is -2.39. The Balaban J connectivity index is 3.62. The highest BCUT2D eigenvalue weighted by Gasteiger charge is 2.13. The Kier molecular flexibility index (Phi) is 4.09. The summed E-state index contributed by atoms with van der Waals surface area (Å²) in [6.07, 6.45) is 0.770. The van der Waals surface area contributed by atoms with Gasteiger partial charge in [-0.3, -0.25) is 5.32 Å². The molecule has 0 aromatic carbocycles. The molecule has 11 heavy (non-hydrogen) atoms. The minimum Gasteiger partial charge on any atom is -0.389 e. The van der Waals surface area contributed by atoms with E-state index in [9.17, 15) is 5.11 Å². The molecule has 0 aromatic rings. The number of hydrogen-bond donors (Lipinski definition) is 2. The zero-order valence-corrected chi connectivity index (χ0v) is 7.39. The van der Waals surface area contributed by atoms with Gasteiger partial charge in [-0.2, -0.15) is 5.26 Å². The van der Waals surface area contributed by atoms with Crippen molar-refractivity contribution in [3.8, 4) is 6.07 Å². The van der Waals surface area contributed by atoms with Gasteiger partial charge in [-0.15, -0.1) is 0 Å². The zero-order valence-electron chi connectivity index (χ0n) is 7.39. The molecule has 0 aromatic heterocycles. The summed E-state index contributed by atoms with van der Waals surface area (Å²) >= 11 is 0. The van der Waals surface area contributed by atoms with Crippen LogP contribution in [-0.4, -0.2) is 23.3 Å². The number of nitrogens with zero attached hydrogens (tertiary/aromatic N) is 1. The molecule has 3 nitrogen and oxygen atoms in total. The highest BCUT2D eigenvalue weighted by Crippen LogP contribution is 1.99. The van der Waals surface area contributed by atoms with Crippen LogP contribution in [0.4, 0.5) is 0 Å². The average Bonchev–Trinajstić information content (AvgIpc) is 1.88. The summed E-state index contributed by atoms with van der Waals surface area (Å²) in [6.45, 7) is 5.82. The number of rotatable bonds is 4. The van der Waals surface area contributed by atoms with E-state index in [4.69, 9.17) is 5.26 Å². The van der Waals surface area contributed by atoms with Gasteiger partial charge in [0, 0.05) is 6.54 Å². The van der Waals surface area contributed by atoms with Crippen molar-refractivity contribution < 1.29 is 5.11 Å². The second-order valence-electron chi connectivity index (χ2n) is 3.28. The molecule has 2 N–H and O–H groups in total. The predicted octanol–water partition coefficient (Wildman–Crippen LogP) is 0.649. The molecule has 0 saturated carbocycles. The maximum Gasteiger partial charge on any atom is 0.0951 e. The molecule has 64 valence electrons. The maximum atomic E-state index is 9.29. The molecule has 0 fully saturated rings. The van der Waals surface area contributed by atoms with E-state index in [1.54, 1.807) is 13.8 Å². The highest BCUT2D eigenvalue weighted by atomic mass is 16.3. The molecule has 0 radical (unpaired) electrons. The fourth-order valence-corrected chi connectivity index (χ4v) is 0.654. The van der Waals surface area contributed by atoms with Crippen molar-refractivity contribution in [2.45, 2.75) is 38.8 Å². The van der Waals surface area contributed by atoms with Crippen molar-refractivity contribution in [2.24, 2.45) is 0 Å². The van der Waals surface area contributed by atoms with Gasteiger partial charge in [-0.25, -0.2) is 0 Å². The van der Waals surface area contributed by atoms with Crippen LogP contribution in [0.5, 0.6) is 0 Å². The molecule has 0 amide bonds. The first-order chi connectivity index (χ1) is 4.99. The first kappa shape index (κ1) is 10.4. The van der Waals surface area contributed by atoms with Crippen molar-refractivity contribution >= 4 is 0 Å². The van der Waals surface area contributed by atoms with E-state index >= 15 is 0 Å².